The van der Waals surface area contributed by atoms with Crippen LogP contribution in [0, 0.1) is 6.92 Å². The fraction of sp³-hybridized carbons (Fsp3) is 0.143. The van der Waals surface area contributed by atoms with Gasteiger partial charge in [-0.15, -0.1) is 0 Å². The summed E-state index contributed by atoms with van der Waals surface area (Å²) in [5, 5.41) is 6.12. The summed E-state index contributed by atoms with van der Waals surface area (Å²) in [6, 6.07) is 23.9. The van der Waals surface area contributed by atoms with Crippen LogP contribution in [-0.4, -0.2) is 33.0 Å². The molecule has 4 rings (SSSR count). The van der Waals surface area contributed by atoms with Crippen LogP contribution in [-0.2, 0) is 33.1 Å². The summed E-state index contributed by atoms with van der Waals surface area (Å²) in [6.45, 7) is 1.72. The minimum Gasteiger partial charge on any atom is -0.744 e. The van der Waals surface area contributed by atoms with Gasteiger partial charge < -0.3 is 19.7 Å². The van der Waals surface area contributed by atoms with E-state index in [1.165, 1.54) is 12.1 Å². The lowest BCUT2D eigenvalue weighted by molar-refractivity contribution is 0.460. The van der Waals surface area contributed by atoms with E-state index in [9.17, 15) is 25.9 Å². The number of aryl methyl sites for hydroxylation is 1. The first kappa shape index (κ1) is 27.3. The maximum atomic E-state index is 12.0. The van der Waals surface area contributed by atoms with Crippen molar-refractivity contribution in [2.24, 2.45) is 0 Å². The normalized spacial score (nSPS) is 11.8. The molecule has 0 saturated carbocycles. The Hall–Kier alpha value is -3.70. The largest absolute Gasteiger partial charge is 0.744 e. The molecule has 0 unspecified atom stereocenters. The Kier molecular flexibility index (Phi) is 7.89. The average molecular weight is 551 g/mol. The van der Waals surface area contributed by atoms with Crippen molar-refractivity contribution in [3.05, 3.63) is 113 Å². The van der Waals surface area contributed by atoms with E-state index < -0.39 is 20.2 Å². The second-order valence-corrected chi connectivity index (χ2v) is 11.7. The lowest BCUT2D eigenvalue weighted by atomic mass is 10.0. The van der Waals surface area contributed by atoms with E-state index in [0.717, 1.165) is 16.8 Å². The zero-order valence-electron chi connectivity index (χ0n) is 20.8. The predicted octanol–water partition coefficient (Wildman–Crippen LogP) is 4.77. The van der Waals surface area contributed by atoms with E-state index in [-0.39, 0.29) is 22.6 Å². The molecule has 38 heavy (non-hydrogen) atoms. The molecule has 0 saturated heterocycles. The molecule has 0 heterocycles. The van der Waals surface area contributed by atoms with Crippen molar-refractivity contribution in [3.63, 3.8) is 0 Å². The fourth-order valence-corrected chi connectivity index (χ4v) is 5.68. The van der Waals surface area contributed by atoms with Crippen molar-refractivity contribution in [2.75, 3.05) is 17.7 Å². The van der Waals surface area contributed by atoms with Crippen LogP contribution in [0.25, 0.3) is 0 Å². The smallest absolute Gasteiger partial charge is 0.124 e. The fourth-order valence-electron chi connectivity index (χ4n) is 4.15. The Bertz CT molecular complexity index is 1670. The van der Waals surface area contributed by atoms with Gasteiger partial charge in [0.25, 0.3) is 0 Å². The summed E-state index contributed by atoms with van der Waals surface area (Å²) in [5.41, 5.74) is 5.14. The molecule has 0 bridgehead atoms. The second kappa shape index (κ2) is 11.0. The molecule has 0 fully saturated rings. The van der Waals surface area contributed by atoms with E-state index in [2.05, 4.69) is 10.6 Å². The molecule has 198 valence electrons. The molecule has 0 spiro atoms. The number of anilines is 3. The maximum Gasteiger partial charge on any atom is 0.124 e. The van der Waals surface area contributed by atoms with E-state index >= 15 is 0 Å². The third kappa shape index (κ3) is 6.78. The highest BCUT2D eigenvalue weighted by atomic mass is 32.2. The number of rotatable bonds is 9. The summed E-state index contributed by atoms with van der Waals surface area (Å²) in [5.74, 6) is 0. The van der Waals surface area contributed by atoms with Gasteiger partial charge in [0.1, 0.15) is 20.2 Å². The Balaban J connectivity index is 1.53. The standard InChI is InChI=1S/C28H28N2O6S2/c1-19-3-8-22(27(15-19)37(31,32)33)16-21-6-12-25(13-7-21)30-26-14-9-23(28(18-26)38(34,35)36)17-20-4-10-24(29-2)11-5-20/h3-15,18,29-30H,16-17H2,1-2H3,(H,31,32,33)(H,34,35,36)/p-2. The molecule has 0 aliphatic heterocycles. The highest BCUT2D eigenvalue weighted by molar-refractivity contribution is 7.86. The van der Waals surface area contributed by atoms with Crippen molar-refractivity contribution in [2.45, 2.75) is 29.6 Å². The van der Waals surface area contributed by atoms with Gasteiger partial charge in [-0.05, 0) is 90.0 Å². The van der Waals surface area contributed by atoms with Gasteiger partial charge in [0.15, 0.2) is 0 Å². The van der Waals surface area contributed by atoms with Crippen molar-refractivity contribution in [1.29, 1.82) is 0 Å². The molecule has 0 aliphatic rings. The molecular weight excluding hydrogens is 524 g/mol. The number of hydrogen-bond acceptors (Lipinski definition) is 8. The quantitative estimate of drug-likeness (QED) is 0.284. The van der Waals surface area contributed by atoms with Gasteiger partial charge in [-0.25, -0.2) is 16.8 Å². The first-order valence-electron chi connectivity index (χ1n) is 11.7. The topological polar surface area (TPSA) is 138 Å². The van der Waals surface area contributed by atoms with Crippen LogP contribution in [0.5, 0.6) is 0 Å². The summed E-state index contributed by atoms with van der Waals surface area (Å²) < 4.78 is 71.1. The van der Waals surface area contributed by atoms with E-state index in [4.69, 9.17) is 0 Å². The Labute approximate surface area is 222 Å². The monoisotopic (exact) mass is 550 g/mol. The average Bonchev–Trinajstić information content (AvgIpc) is 2.86. The summed E-state index contributed by atoms with van der Waals surface area (Å²) in [7, 11) is -7.52. The number of benzene rings is 4. The molecule has 4 aromatic rings. The number of hydrogen-bond donors (Lipinski definition) is 2. The van der Waals surface area contributed by atoms with Gasteiger partial charge in [0.05, 0.1) is 9.79 Å². The second-order valence-electron chi connectivity index (χ2n) is 8.96. The van der Waals surface area contributed by atoms with Gasteiger partial charge in [-0.1, -0.05) is 42.5 Å². The summed E-state index contributed by atoms with van der Waals surface area (Å²) >= 11 is 0. The van der Waals surface area contributed by atoms with Gasteiger partial charge in [0, 0.05) is 24.1 Å². The van der Waals surface area contributed by atoms with Crippen LogP contribution in [0.1, 0.15) is 27.8 Å². The van der Waals surface area contributed by atoms with Crippen molar-refractivity contribution in [3.8, 4) is 0 Å². The first-order valence-corrected chi connectivity index (χ1v) is 14.5. The minimum atomic E-state index is -4.72. The number of nitrogens with one attached hydrogen (secondary N) is 2. The van der Waals surface area contributed by atoms with Crippen LogP contribution in [0.15, 0.2) is 94.7 Å². The van der Waals surface area contributed by atoms with Crippen molar-refractivity contribution >= 4 is 37.3 Å². The Morgan fingerprint density at radius 2 is 1.05 bits per heavy atom. The molecule has 2 N–H and O–H groups in total. The van der Waals surface area contributed by atoms with Crippen LogP contribution in [0.3, 0.4) is 0 Å². The third-order valence-corrected chi connectivity index (χ3v) is 7.94. The Morgan fingerprint density at radius 3 is 1.55 bits per heavy atom. The molecule has 10 heteroatoms. The zero-order valence-corrected chi connectivity index (χ0v) is 22.4. The van der Waals surface area contributed by atoms with Crippen molar-refractivity contribution in [1.82, 2.24) is 0 Å². The third-order valence-electron chi connectivity index (χ3n) is 6.10. The molecular formula is C28H26N2O6S2-2. The minimum absolute atomic E-state index is 0.232. The molecule has 0 atom stereocenters. The first-order chi connectivity index (χ1) is 17.9. The molecule has 0 radical (unpaired) electrons. The SMILES string of the molecule is CNc1ccc(Cc2ccc(Nc3ccc(Cc4ccc(C)cc4S(=O)(=O)[O-])cc3)cc2S(=O)(=O)[O-])cc1. The van der Waals surface area contributed by atoms with E-state index in [0.29, 0.717) is 28.1 Å². The van der Waals surface area contributed by atoms with Gasteiger partial charge in [-0.3, -0.25) is 0 Å². The molecule has 0 aliphatic carbocycles. The maximum absolute atomic E-state index is 12.0. The lowest BCUT2D eigenvalue weighted by Gasteiger charge is -2.16. The molecule has 0 amide bonds. The van der Waals surface area contributed by atoms with E-state index in [1.54, 1.807) is 62.5 Å². The summed E-state index contributed by atoms with van der Waals surface area (Å²) in [4.78, 5) is -0.522. The van der Waals surface area contributed by atoms with Crippen LogP contribution < -0.4 is 10.6 Å². The summed E-state index contributed by atoms with van der Waals surface area (Å²) in [6.07, 6.45) is 0.537. The van der Waals surface area contributed by atoms with Crippen LogP contribution in [0.2, 0.25) is 0 Å². The molecule has 0 aromatic heterocycles. The molecule has 8 nitrogen and oxygen atoms in total. The van der Waals surface area contributed by atoms with Gasteiger partial charge in [0.2, 0.25) is 0 Å². The van der Waals surface area contributed by atoms with Gasteiger partial charge in [-0.2, -0.15) is 0 Å². The van der Waals surface area contributed by atoms with E-state index in [1.807, 2.05) is 24.3 Å². The van der Waals surface area contributed by atoms with Crippen molar-refractivity contribution < 1.29 is 25.9 Å². The molecule has 4 aromatic carbocycles. The highest BCUT2D eigenvalue weighted by Crippen LogP contribution is 2.27. The van der Waals surface area contributed by atoms with Gasteiger partial charge >= 0.3 is 0 Å². The Morgan fingerprint density at radius 1 is 0.605 bits per heavy atom. The predicted molar refractivity (Wildman–Crippen MR) is 145 cm³/mol. The van der Waals surface area contributed by atoms with Crippen LogP contribution >= 0.6 is 0 Å². The van der Waals surface area contributed by atoms with Crippen LogP contribution in [0.4, 0.5) is 17.1 Å². The zero-order chi connectivity index (χ0) is 27.5. The lowest BCUT2D eigenvalue weighted by Crippen LogP contribution is -2.06. The highest BCUT2D eigenvalue weighted by Gasteiger charge is 2.13.